The summed E-state index contributed by atoms with van der Waals surface area (Å²) in [4.78, 5) is 9.79. The van der Waals surface area contributed by atoms with Gasteiger partial charge in [0, 0.05) is 33.5 Å². The van der Waals surface area contributed by atoms with E-state index < -0.39 is 0 Å². The lowest BCUT2D eigenvalue weighted by Gasteiger charge is -2.19. The topological polar surface area (TPSA) is 38.9 Å². The van der Waals surface area contributed by atoms with Crippen LogP contribution in [-0.4, -0.2) is 9.97 Å². The van der Waals surface area contributed by atoms with E-state index >= 15 is 0 Å². The summed E-state index contributed by atoms with van der Waals surface area (Å²) < 4.78 is 6.49. The Morgan fingerprint density at radius 2 is 1.72 bits per heavy atom. The van der Waals surface area contributed by atoms with Crippen LogP contribution in [0.2, 0.25) is 0 Å². The summed E-state index contributed by atoms with van der Waals surface area (Å²) in [5.41, 5.74) is 10.8. The van der Waals surface area contributed by atoms with Gasteiger partial charge in [-0.2, -0.15) is 0 Å². The second-order valence-corrected chi connectivity index (χ2v) is 9.77. The SMILES string of the molecule is Cc1ccc2c(oc3nc4c(cc32)-c2ccccc2C4(C)C)c1-c1cc(C(C)C)ccn1. The predicted octanol–water partition coefficient (Wildman–Crippen LogP) is 7.78. The summed E-state index contributed by atoms with van der Waals surface area (Å²) in [6, 6.07) is 19.5. The zero-order valence-electron chi connectivity index (χ0n) is 19.2. The summed E-state index contributed by atoms with van der Waals surface area (Å²) in [5.74, 6) is 0.443. The minimum absolute atomic E-state index is 0.148. The van der Waals surface area contributed by atoms with Crippen LogP contribution in [0.5, 0.6) is 0 Å². The highest BCUT2D eigenvalue weighted by Crippen LogP contribution is 2.49. The Morgan fingerprint density at radius 3 is 2.53 bits per heavy atom. The zero-order chi connectivity index (χ0) is 22.2. The maximum atomic E-state index is 6.49. The molecular weight excluding hydrogens is 392 g/mol. The maximum Gasteiger partial charge on any atom is 0.227 e. The predicted molar refractivity (Wildman–Crippen MR) is 131 cm³/mol. The average molecular weight is 419 g/mol. The molecule has 0 N–H and O–H groups in total. The highest BCUT2D eigenvalue weighted by molar-refractivity contribution is 6.10. The summed E-state index contributed by atoms with van der Waals surface area (Å²) in [7, 11) is 0. The molecule has 3 heteroatoms. The van der Waals surface area contributed by atoms with E-state index in [-0.39, 0.29) is 5.41 Å². The molecule has 0 unspecified atom stereocenters. The fourth-order valence-electron chi connectivity index (χ4n) is 5.20. The van der Waals surface area contributed by atoms with E-state index in [1.165, 1.54) is 22.3 Å². The van der Waals surface area contributed by atoms with Gasteiger partial charge in [-0.25, -0.2) is 4.98 Å². The van der Waals surface area contributed by atoms with Crippen LogP contribution in [0.3, 0.4) is 0 Å². The first kappa shape index (κ1) is 19.2. The van der Waals surface area contributed by atoms with Crippen molar-refractivity contribution in [3.05, 3.63) is 83.2 Å². The van der Waals surface area contributed by atoms with Gasteiger partial charge in [-0.1, -0.05) is 64.1 Å². The number of benzene rings is 2. The molecule has 6 rings (SSSR count). The van der Waals surface area contributed by atoms with Gasteiger partial charge < -0.3 is 4.42 Å². The van der Waals surface area contributed by atoms with E-state index in [1.54, 1.807) is 0 Å². The number of rotatable bonds is 2. The Bertz CT molecular complexity index is 1540. The van der Waals surface area contributed by atoms with Crippen molar-refractivity contribution in [3.8, 4) is 22.4 Å². The fourth-order valence-corrected chi connectivity index (χ4v) is 5.20. The highest BCUT2D eigenvalue weighted by Gasteiger charge is 2.37. The average Bonchev–Trinajstić information content (AvgIpc) is 3.25. The highest BCUT2D eigenvalue weighted by atomic mass is 16.3. The molecule has 0 fully saturated rings. The molecule has 3 heterocycles. The molecule has 0 aliphatic heterocycles. The first-order valence-electron chi connectivity index (χ1n) is 11.3. The Hall–Kier alpha value is -3.46. The molecule has 1 aliphatic carbocycles. The van der Waals surface area contributed by atoms with Crippen molar-refractivity contribution in [3.63, 3.8) is 0 Å². The van der Waals surface area contributed by atoms with Gasteiger partial charge >= 0.3 is 0 Å². The molecule has 0 saturated heterocycles. The van der Waals surface area contributed by atoms with E-state index in [2.05, 4.69) is 89.2 Å². The number of aryl methyl sites for hydroxylation is 1. The van der Waals surface area contributed by atoms with Gasteiger partial charge in [0.2, 0.25) is 5.71 Å². The monoisotopic (exact) mass is 418 g/mol. The van der Waals surface area contributed by atoms with Crippen molar-refractivity contribution >= 4 is 22.1 Å². The van der Waals surface area contributed by atoms with Crippen LogP contribution >= 0.6 is 0 Å². The van der Waals surface area contributed by atoms with Gasteiger partial charge in [-0.05, 0) is 53.3 Å². The van der Waals surface area contributed by atoms with Gasteiger partial charge in [-0.15, -0.1) is 0 Å². The van der Waals surface area contributed by atoms with Crippen molar-refractivity contribution in [1.29, 1.82) is 0 Å². The summed E-state index contributed by atoms with van der Waals surface area (Å²) in [6.45, 7) is 11.0. The number of fused-ring (bicyclic) bond motifs is 6. The van der Waals surface area contributed by atoms with Crippen molar-refractivity contribution < 1.29 is 4.42 Å². The third kappa shape index (κ3) is 2.54. The molecule has 0 bridgehead atoms. The van der Waals surface area contributed by atoms with Crippen LogP contribution in [0.25, 0.3) is 44.5 Å². The van der Waals surface area contributed by atoms with E-state index in [0.717, 1.165) is 38.9 Å². The van der Waals surface area contributed by atoms with Gasteiger partial charge in [-0.3, -0.25) is 4.98 Å². The first-order valence-corrected chi connectivity index (χ1v) is 11.3. The fraction of sp³-hybridized carbons (Fsp3) is 0.241. The lowest BCUT2D eigenvalue weighted by molar-refractivity contribution is 0.615. The second-order valence-electron chi connectivity index (χ2n) is 9.77. The zero-order valence-corrected chi connectivity index (χ0v) is 19.2. The molecule has 3 aromatic heterocycles. The lowest BCUT2D eigenvalue weighted by atomic mass is 9.85. The van der Waals surface area contributed by atoms with Crippen molar-refractivity contribution in [2.75, 3.05) is 0 Å². The smallest absolute Gasteiger partial charge is 0.227 e. The summed E-state index contributed by atoms with van der Waals surface area (Å²) >= 11 is 0. The number of furan rings is 1. The molecule has 0 saturated carbocycles. The molecule has 0 spiro atoms. The molecule has 0 atom stereocenters. The first-order chi connectivity index (χ1) is 15.4. The van der Waals surface area contributed by atoms with Crippen LogP contribution in [0.1, 0.15) is 56.0 Å². The van der Waals surface area contributed by atoms with Gasteiger partial charge in [0.05, 0.1) is 11.4 Å². The molecule has 5 aromatic rings. The number of hydrogen-bond acceptors (Lipinski definition) is 3. The third-order valence-electron chi connectivity index (χ3n) is 7.03. The van der Waals surface area contributed by atoms with Crippen LogP contribution < -0.4 is 0 Å². The van der Waals surface area contributed by atoms with Gasteiger partial charge in [0.1, 0.15) is 5.58 Å². The number of hydrogen-bond donors (Lipinski definition) is 0. The molecular formula is C29H26N2O. The van der Waals surface area contributed by atoms with E-state index in [4.69, 9.17) is 14.4 Å². The molecule has 0 radical (unpaired) electrons. The molecule has 158 valence electrons. The third-order valence-corrected chi connectivity index (χ3v) is 7.03. The van der Waals surface area contributed by atoms with Crippen LogP contribution in [0, 0.1) is 6.92 Å². The van der Waals surface area contributed by atoms with Crippen LogP contribution in [0.15, 0.2) is 65.2 Å². The van der Waals surface area contributed by atoms with E-state index in [9.17, 15) is 0 Å². The Morgan fingerprint density at radius 1 is 0.906 bits per heavy atom. The number of aromatic nitrogens is 2. The number of pyridine rings is 2. The molecule has 1 aliphatic rings. The standard InChI is InChI=1S/C29H26N2O/c1-16(2)18-12-13-30-24(14-18)25-17(3)10-11-20-22-15-21-19-8-6-7-9-23(19)29(4,5)27(21)31-28(22)32-26(20)25/h6-16H,1-5H3. The maximum absolute atomic E-state index is 6.49. The summed E-state index contributed by atoms with van der Waals surface area (Å²) in [5, 5.41) is 2.15. The van der Waals surface area contributed by atoms with Crippen molar-refractivity contribution in [2.24, 2.45) is 0 Å². The van der Waals surface area contributed by atoms with E-state index in [0.29, 0.717) is 11.6 Å². The number of nitrogens with zero attached hydrogens (tertiary/aromatic N) is 2. The van der Waals surface area contributed by atoms with Gasteiger partial charge in [0.15, 0.2) is 0 Å². The Kier molecular flexibility index (Phi) is 3.92. The normalized spacial score (nSPS) is 14.3. The second kappa shape index (κ2) is 6.52. The minimum Gasteiger partial charge on any atom is -0.437 e. The van der Waals surface area contributed by atoms with Crippen molar-refractivity contribution in [2.45, 2.75) is 46.0 Å². The van der Waals surface area contributed by atoms with E-state index in [1.807, 2.05) is 6.20 Å². The molecule has 0 amide bonds. The molecule has 2 aromatic carbocycles. The van der Waals surface area contributed by atoms with Crippen molar-refractivity contribution in [1.82, 2.24) is 9.97 Å². The Labute approximate surface area is 188 Å². The van der Waals surface area contributed by atoms with Gasteiger partial charge in [0.25, 0.3) is 0 Å². The quantitative estimate of drug-likeness (QED) is 0.294. The lowest BCUT2D eigenvalue weighted by Crippen LogP contribution is -2.16. The molecule has 32 heavy (non-hydrogen) atoms. The van der Waals surface area contributed by atoms with Crippen LogP contribution in [0.4, 0.5) is 0 Å². The van der Waals surface area contributed by atoms with Crippen LogP contribution in [-0.2, 0) is 5.41 Å². The summed E-state index contributed by atoms with van der Waals surface area (Å²) in [6.07, 6.45) is 1.90. The largest absolute Gasteiger partial charge is 0.437 e. The minimum atomic E-state index is -0.148. The Balaban J connectivity index is 1.66. The molecule has 3 nitrogen and oxygen atoms in total.